The highest BCUT2D eigenvalue weighted by atomic mass is 32.2. The predicted molar refractivity (Wildman–Crippen MR) is 103 cm³/mol. The number of nitrogens with zero attached hydrogens (tertiary/aromatic N) is 1. The van der Waals surface area contributed by atoms with Crippen molar-refractivity contribution < 1.29 is 8.42 Å². The third-order valence-corrected chi connectivity index (χ3v) is 6.78. The highest BCUT2D eigenvalue weighted by Gasteiger charge is 2.18. The Bertz CT molecular complexity index is 1130. The SMILES string of the molecule is CCn1c(=O)sc2cc(NS(=O)(=O)c3cc(C)c(C)cc3C)ccc21. The molecule has 0 amide bonds. The van der Waals surface area contributed by atoms with E-state index in [-0.39, 0.29) is 9.77 Å². The van der Waals surface area contributed by atoms with Crippen LogP contribution in [0.4, 0.5) is 5.69 Å². The summed E-state index contributed by atoms with van der Waals surface area (Å²) in [6, 6.07) is 8.75. The van der Waals surface area contributed by atoms with Crippen LogP contribution in [0.5, 0.6) is 0 Å². The molecule has 0 atom stereocenters. The quantitative estimate of drug-likeness (QED) is 0.753. The molecule has 0 aliphatic heterocycles. The zero-order valence-corrected chi connectivity index (χ0v) is 16.2. The lowest BCUT2D eigenvalue weighted by atomic mass is 10.1. The molecule has 5 nitrogen and oxygen atoms in total. The van der Waals surface area contributed by atoms with E-state index in [2.05, 4.69) is 4.72 Å². The molecule has 3 rings (SSSR count). The Kier molecular flexibility index (Phi) is 4.47. The van der Waals surface area contributed by atoms with E-state index < -0.39 is 10.0 Å². The Balaban J connectivity index is 2.03. The number of rotatable bonds is 4. The first-order valence-electron chi connectivity index (χ1n) is 7.97. The lowest BCUT2D eigenvalue weighted by Gasteiger charge is -2.13. The van der Waals surface area contributed by atoms with Gasteiger partial charge in [0.2, 0.25) is 0 Å². The summed E-state index contributed by atoms with van der Waals surface area (Å²) in [7, 11) is -3.69. The average molecular weight is 377 g/mol. The van der Waals surface area contributed by atoms with Gasteiger partial charge < -0.3 is 0 Å². The number of sulfonamides is 1. The molecular formula is C18H20N2O3S2. The molecule has 132 valence electrons. The van der Waals surface area contributed by atoms with Crippen LogP contribution in [0.25, 0.3) is 10.2 Å². The van der Waals surface area contributed by atoms with Crippen LogP contribution in [0.2, 0.25) is 0 Å². The number of benzene rings is 2. The van der Waals surface area contributed by atoms with Gasteiger partial charge in [0.25, 0.3) is 10.0 Å². The van der Waals surface area contributed by atoms with Gasteiger partial charge in [-0.05, 0) is 68.7 Å². The molecule has 7 heteroatoms. The van der Waals surface area contributed by atoms with Crippen molar-refractivity contribution in [3.8, 4) is 0 Å². The first-order valence-corrected chi connectivity index (χ1v) is 10.3. The largest absolute Gasteiger partial charge is 0.308 e. The standard InChI is InChI=1S/C18H20N2O3S2/c1-5-20-15-7-6-14(10-16(15)24-18(20)21)19-25(22,23)17-9-12(3)11(2)8-13(17)4/h6-10,19H,5H2,1-4H3. The van der Waals surface area contributed by atoms with Crippen LogP contribution < -0.4 is 9.60 Å². The summed E-state index contributed by atoms with van der Waals surface area (Å²) in [5.41, 5.74) is 3.97. The fourth-order valence-corrected chi connectivity index (χ4v) is 5.22. The monoisotopic (exact) mass is 376 g/mol. The second-order valence-electron chi connectivity index (χ2n) is 6.10. The summed E-state index contributed by atoms with van der Waals surface area (Å²) < 4.78 is 30.6. The number of aromatic nitrogens is 1. The van der Waals surface area contributed by atoms with Crippen LogP contribution in [0.15, 0.2) is 40.0 Å². The van der Waals surface area contributed by atoms with E-state index in [9.17, 15) is 13.2 Å². The Labute approximate surface area is 151 Å². The maximum Gasteiger partial charge on any atom is 0.308 e. The Morgan fingerprint density at radius 2 is 1.72 bits per heavy atom. The second-order valence-corrected chi connectivity index (χ2v) is 8.75. The van der Waals surface area contributed by atoms with Crippen LogP contribution in [0.3, 0.4) is 0 Å². The van der Waals surface area contributed by atoms with E-state index in [4.69, 9.17) is 0 Å². The molecular weight excluding hydrogens is 356 g/mol. The van der Waals surface area contributed by atoms with Crippen LogP contribution >= 0.6 is 11.3 Å². The van der Waals surface area contributed by atoms with Gasteiger partial charge in [-0.1, -0.05) is 17.4 Å². The van der Waals surface area contributed by atoms with Gasteiger partial charge in [-0.25, -0.2) is 8.42 Å². The highest BCUT2D eigenvalue weighted by molar-refractivity contribution is 7.92. The van der Waals surface area contributed by atoms with Crippen LogP contribution in [0.1, 0.15) is 23.6 Å². The fraction of sp³-hybridized carbons (Fsp3) is 0.278. The second kappa shape index (κ2) is 6.31. The van der Waals surface area contributed by atoms with E-state index in [1.807, 2.05) is 26.8 Å². The molecule has 0 radical (unpaired) electrons. The normalized spacial score (nSPS) is 11.8. The van der Waals surface area contributed by atoms with Crippen LogP contribution in [-0.4, -0.2) is 13.0 Å². The van der Waals surface area contributed by atoms with Gasteiger partial charge >= 0.3 is 4.87 Å². The van der Waals surface area contributed by atoms with Gasteiger partial charge in [-0.15, -0.1) is 0 Å². The number of hydrogen-bond acceptors (Lipinski definition) is 4. The molecule has 25 heavy (non-hydrogen) atoms. The van der Waals surface area contributed by atoms with Gasteiger partial charge in [0.1, 0.15) is 0 Å². The minimum atomic E-state index is -3.69. The topological polar surface area (TPSA) is 68.2 Å². The zero-order chi connectivity index (χ0) is 18.4. The minimum Gasteiger partial charge on any atom is -0.299 e. The first-order chi connectivity index (χ1) is 11.7. The summed E-state index contributed by atoms with van der Waals surface area (Å²) in [6.45, 7) is 8.14. The lowest BCUT2D eigenvalue weighted by molar-refractivity contribution is 0.600. The summed E-state index contributed by atoms with van der Waals surface area (Å²) in [5, 5.41) is 0. The van der Waals surface area contributed by atoms with E-state index in [1.54, 1.807) is 35.8 Å². The van der Waals surface area contributed by atoms with Crippen LogP contribution in [0, 0.1) is 20.8 Å². The molecule has 2 aromatic carbocycles. The maximum absolute atomic E-state index is 12.8. The number of aryl methyl sites for hydroxylation is 4. The third kappa shape index (κ3) is 3.21. The zero-order valence-electron chi connectivity index (χ0n) is 14.6. The van der Waals surface area contributed by atoms with Gasteiger partial charge in [-0.2, -0.15) is 0 Å². The van der Waals surface area contributed by atoms with E-state index >= 15 is 0 Å². The summed E-state index contributed by atoms with van der Waals surface area (Å²) in [6.07, 6.45) is 0. The molecule has 1 aromatic heterocycles. The number of nitrogens with one attached hydrogen (secondary N) is 1. The molecule has 1 N–H and O–H groups in total. The minimum absolute atomic E-state index is 0.0393. The third-order valence-electron chi connectivity index (χ3n) is 4.32. The maximum atomic E-state index is 12.8. The van der Waals surface area contributed by atoms with Gasteiger partial charge in [0, 0.05) is 6.54 Å². The van der Waals surface area contributed by atoms with E-state index in [0.29, 0.717) is 17.8 Å². The molecule has 3 aromatic rings. The molecule has 0 saturated carbocycles. The van der Waals surface area contributed by atoms with E-state index in [1.165, 1.54) is 0 Å². The van der Waals surface area contributed by atoms with Gasteiger partial charge in [-0.3, -0.25) is 14.1 Å². The highest BCUT2D eigenvalue weighted by Crippen LogP contribution is 2.26. The molecule has 0 aliphatic rings. The van der Waals surface area contributed by atoms with Crippen molar-refractivity contribution >= 4 is 37.3 Å². The molecule has 0 aliphatic carbocycles. The van der Waals surface area contributed by atoms with Crippen molar-refractivity contribution in [2.75, 3.05) is 4.72 Å². The van der Waals surface area contributed by atoms with E-state index in [0.717, 1.165) is 32.7 Å². The molecule has 0 unspecified atom stereocenters. The number of thiazole rings is 1. The molecule has 0 saturated heterocycles. The fourth-order valence-electron chi connectivity index (χ4n) is 2.86. The van der Waals surface area contributed by atoms with Gasteiger partial charge in [0.05, 0.1) is 20.8 Å². The van der Waals surface area contributed by atoms with Crippen molar-refractivity contribution in [3.05, 3.63) is 56.7 Å². The Hall–Kier alpha value is -2.12. The van der Waals surface area contributed by atoms with Crippen molar-refractivity contribution in [2.24, 2.45) is 0 Å². The smallest absolute Gasteiger partial charge is 0.299 e. The van der Waals surface area contributed by atoms with Crippen molar-refractivity contribution in [1.82, 2.24) is 4.57 Å². The molecule has 1 heterocycles. The first kappa shape index (κ1) is 17.7. The average Bonchev–Trinajstić information content (AvgIpc) is 2.84. The van der Waals surface area contributed by atoms with Crippen molar-refractivity contribution in [2.45, 2.75) is 39.1 Å². The number of anilines is 1. The van der Waals surface area contributed by atoms with Crippen molar-refractivity contribution in [3.63, 3.8) is 0 Å². The summed E-state index contributed by atoms with van der Waals surface area (Å²) in [4.78, 5) is 12.2. The number of fused-ring (bicyclic) bond motifs is 1. The predicted octanol–water partition coefficient (Wildman–Crippen LogP) is 3.81. The molecule has 0 fully saturated rings. The van der Waals surface area contributed by atoms with Gasteiger partial charge in [0.15, 0.2) is 0 Å². The molecule has 0 bridgehead atoms. The summed E-state index contributed by atoms with van der Waals surface area (Å²) >= 11 is 1.12. The molecule has 0 spiro atoms. The number of hydrogen-bond donors (Lipinski definition) is 1. The summed E-state index contributed by atoms with van der Waals surface area (Å²) in [5.74, 6) is 0. The van der Waals surface area contributed by atoms with Crippen LogP contribution in [-0.2, 0) is 16.6 Å². The Morgan fingerprint density at radius 3 is 2.40 bits per heavy atom. The lowest BCUT2D eigenvalue weighted by Crippen LogP contribution is -2.14. The Morgan fingerprint density at radius 1 is 1.04 bits per heavy atom. The van der Waals surface area contributed by atoms with Crippen molar-refractivity contribution in [1.29, 1.82) is 0 Å².